The molecule has 5 nitrogen and oxygen atoms in total. The minimum atomic E-state index is -3.58. The van der Waals surface area contributed by atoms with Gasteiger partial charge in [-0.05, 0) is 73.6 Å². The molecule has 0 aliphatic heterocycles. The molecule has 1 aromatic heterocycles. The van der Waals surface area contributed by atoms with Crippen molar-refractivity contribution in [2.75, 3.05) is 27.7 Å². The minimum Gasteiger partial charge on any atom is -0.496 e. The van der Waals surface area contributed by atoms with Crippen LogP contribution >= 0.6 is 11.3 Å². The molecule has 1 heterocycles. The lowest BCUT2D eigenvalue weighted by Crippen LogP contribution is -2.34. The molecule has 0 aliphatic carbocycles. The maximum Gasteiger partial charge on any atom is 0.240 e. The predicted molar refractivity (Wildman–Crippen MR) is 98.4 cm³/mol. The van der Waals surface area contributed by atoms with Crippen LogP contribution in [0.15, 0.2) is 33.9 Å². The van der Waals surface area contributed by atoms with Crippen LogP contribution < -0.4 is 9.46 Å². The summed E-state index contributed by atoms with van der Waals surface area (Å²) in [5.41, 5.74) is 2.72. The van der Waals surface area contributed by atoms with Gasteiger partial charge in [0, 0.05) is 12.6 Å². The van der Waals surface area contributed by atoms with E-state index < -0.39 is 10.0 Å². The Labute approximate surface area is 148 Å². The van der Waals surface area contributed by atoms with Gasteiger partial charge in [-0.2, -0.15) is 11.3 Å². The zero-order valence-electron chi connectivity index (χ0n) is 14.7. The molecule has 1 atom stereocenters. The van der Waals surface area contributed by atoms with Gasteiger partial charge in [-0.15, -0.1) is 0 Å². The van der Waals surface area contributed by atoms with Crippen molar-refractivity contribution in [2.24, 2.45) is 0 Å². The zero-order chi connectivity index (χ0) is 17.9. The van der Waals surface area contributed by atoms with E-state index in [4.69, 9.17) is 4.74 Å². The van der Waals surface area contributed by atoms with E-state index >= 15 is 0 Å². The third-order valence-electron chi connectivity index (χ3n) is 3.97. The summed E-state index contributed by atoms with van der Waals surface area (Å²) >= 11 is 1.61. The van der Waals surface area contributed by atoms with Crippen LogP contribution in [0.3, 0.4) is 0 Å². The van der Waals surface area contributed by atoms with Gasteiger partial charge >= 0.3 is 0 Å². The van der Waals surface area contributed by atoms with Gasteiger partial charge in [-0.25, -0.2) is 13.1 Å². The number of methoxy groups -OCH3 is 1. The highest BCUT2D eigenvalue weighted by Crippen LogP contribution is 2.27. The van der Waals surface area contributed by atoms with Crippen LogP contribution in [0.1, 0.15) is 22.7 Å². The first-order valence-electron chi connectivity index (χ1n) is 7.59. The quantitative estimate of drug-likeness (QED) is 0.816. The van der Waals surface area contributed by atoms with E-state index in [1.165, 1.54) is 0 Å². The van der Waals surface area contributed by atoms with Gasteiger partial charge in [-0.1, -0.05) is 0 Å². The molecule has 0 radical (unpaired) electrons. The number of nitrogens with one attached hydrogen (secondary N) is 1. The lowest BCUT2D eigenvalue weighted by molar-refractivity contribution is 0.300. The van der Waals surface area contributed by atoms with Crippen molar-refractivity contribution in [2.45, 2.75) is 24.8 Å². The number of hydrogen-bond acceptors (Lipinski definition) is 5. The van der Waals surface area contributed by atoms with Gasteiger partial charge in [-0.3, -0.25) is 0 Å². The molecule has 0 fully saturated rings. The standard InChI is InChI=1S/C17H24N2O3S2/c1-12-8-15(9-13(2)17(12)22-5)24(20,21)18-10-16(19(3)4)14-6-7-23-11-14/h6-9,11,16,18H,10H2,1-5H3/t16-/m1/s1. The Hall–Kier alpha value is -1.41. The smallest absolute Gasteiger partial charge is 0.240 e. The summed E-state index contributed by atoms with van der Waals surface area (Å²) in [4.78, 5) is 2.27. The number of rotatable bonds is 7. The van der Waals surface area contributed by atoms with E-state index in [9.17, 15) is 8.42 Å². The maximum atomic E-state index is 12.7. The fraction of sp³-hybridized carbons (Fsp3) is 0.412. The Balaban J connectivity index is 2.22. The van der Waals surface area contributed by atoms with Crippen LogP contribution in [-0.4, -0.2) is 41.1 Å². The average Bonchev–Trinajstić information content (AvgIpc) is 3.00. The molecule has 0 spiro atoms. The molecule has 1 N–H and O–H groups in total. The normalized spacial score (nSPS) is 13.2. The molecule has 24 heavy (non-hydrogen) atoms. The largest absolute Gasteiger partial charge is 0.496 e. The second-order valence-corrected chi connectivity index (χ2v) is 8.53. The van der Waals surface area contributed by atoms with Gasteiger partial charge in [0.1, 0.15) is 5.75 Å². The Bertz CT molecular complexity index is 761. The van der Waals surface area contributed by atoms with Crippen LogP contribution in [0.4, 0.5) is 0 Å². The summed E-state index contributed by atoms with van der Waals surface area (Å²) in [7, 11) is 1.89. The number of aryl methyl sites for hydroxylation is 2. The lowest BCUT2D eigenvalue weighted by Gasteiger charge is -2.24. The maximum absolute atomic E-state index is 12.7. The third-order valence-corrected chi connectivity index (χ3v) is 6.07. The van der Waals surface area contributed by atoms with E-state index in [1.54, 1.807) is 30.6 Å². The summed E-state index contributed by atoms with van der Waals surface area (Å²) in [5, 5.41) is 4.04. The predicted octanol–water partition coefficient (Wildman–Crippen LogP) is 2.95. The number of nitrogens with zero attached hydrogens (tertiary/aromatic N) is 1. The number of sulfonamides is 1. The SMILES string of the molecule is COc1c(C)cc(S(=O)(=O)NC[C@H](c2ccsc2)N(C)C)cc1C. The topological polar surface area (TPSA) is 58.6 Å². The van der Waals surface area contributed by atoms with E-state index in [2.05, 4.69) is 4.72 Å². The van der Waals surface area contributed by atoms with Crippen LogP contribution in [0, 0.1) is 13.8 Å². The van der Waals surface area contributed by atoms with E-state index in [0.29, 0.717) is 6.54 Å². The van der Waals surface area contributed by atoms with Crippen molar-refractivity contribution >= 4 is 21.4 Å². The Morgan fingerprint density at radius 2 is 1.88 bits per heavy atom. The van der Waals surface area contributed by atoms with E-state index in [1.807, 2.05) is 49.7 Å². The fourth-order valence-corrected chi connectivity index (χ4v) is 4.64. The molecule has 0 saturated heterocycles. The number of likely N-dealkylation sites (N-methyl/N-ethyl adjacent to an activating group) is 1. The summed E-state index contributed by atoms with van der Waals surface area (Å²) in [6.07, 6.45) is 0. The van der Waals surface area contributed by atoms with Gasteiger partial charge in [0.15, 0.2) is 0 Å². The first-order valence-corrected chi connectivity index (χ1v) is 10.0. The zero-order valence-corrected chi connectivity index (χ0v) is 16.3. The Kier molecular flexibility index (Phi) is 6.03. The molecule has 7 heteroatoms. The molecule has 1 aromatic carbocycles. The lowest BCUT2D eigenvalue weighted by atomic mass is 10.1. The summed E-state index contributed by atoms with van der Waals surface area (Å²) in [5.74, 6) is 0.721. The van der Waals surface area contributed by atoms with Crippen LogP contribution in [0.2, 0.25) is 0 Å². The number of ether oxygens (including phenoxy) is 1. The van der Waals surface area contributed by atoms with E-state index in [-0.39, 0.29) is 10.9 Å². The van der Waals surface area contributed by atoms with Crippen molar-refractivity contribution in [3.63, 3.8) is 0 Å². The van der Waals surface area contributed by atoms with Gasteiger partial charge in [0.05, 0.1) is 12.0 Å². The summed E-state index contributed by atoms with van der Waals surface area (Å²) in [6, 6.07) is 5.30. The fourth-order valence-electron chi connectivity index (χ4n) is 2.72. The highest BCUT2D eigenvalue weighted by molar-refractivity contribution is 7.89. The van der Waals surface area contributed by atoms with Gasteiger partial charge in [0.2, 0.25) is 10.0 Å². The van der Waals surface area contributed by atoms with Crippen molar-refractivity contribution in [1.82, 2.24) is 9.62 Å². The van der Waals surface area contributed by atoms with Crippen LogP contribution in [-0.2, 0) is 10.0 Å². The van der Waals surface area contributed by atoms with Crippen molar-refractivity contribution in [3.8, 4) is 5.75 Å². The van der Waals surface area contributed by atoms with Gasteiger partial charge in [0.25, 0.3) is 0 Å². The number of thiophene rings is 1. The minimum absolute atomic E-state index is 0.00790. The summed E-state index contributed by atoms with van der Waals surface area (Å²) in [6.45, 7) is 4.01. The molecule has 132 valence electrons. The van der Waals surface area contributed by atoms with Gasteiger partial charge < -0.3 is 9.64 Å². The third kappa shape index (κ3) is 4.16. The molecular weight excluding hydrogens is 344 g/mol. The Morgan fingerprint density at radius 1 is 1.25 bits per heavy atom. The average molecular weight is 369 g/mol. The molecule has 0 saturated carbocycles. The van der Waals surface area contributed by atoms with Crippen molar-refractivity contribution in [3.05, 3.63) is 45.6 Å². The van der Waals surface area contributed by atoms with Crippen molar-refractivity contribution < 1.29 is 13.2 Å². The molecule has 0 aliphatic rings. The van der Waals surface area contributed by atoms with E-state index in [0.717, 1.165) is 22.4 Å². The molecule has 0 amide bonds. The molecule has 2 rings (SSSR count). The molecule has 2 aromatic rings. The number of hydrogen-bond donors (Lipinski definition) is 1. The highest BCUT2D eigenvalue weighted by Gasteiger charge is 2.21. The summed E-state index contributed by atoms with van der Waals surface area (Å²) < 4.78 is 33.4. The molecule has 0 unspecified atom stereocenters. The Morgan fingerprint density at radius 3 is 2.33 bits per heavy atom. The first kappa shape index (κ1) is 18.9. The first-order chi connectivity index (χ1) is 11.3. The molecular formula is C17H24N2O3S2. The highest BCUT2D eigenvalue weighted by atomic mass is 32.2. The second-order valence-electron chi connectivity index (χ2n) is 5.98. The molecule has 0 bridgehead atoms. The number of benzene rings is 1. The monoisotopic (exact) mass is 368 g/mol. The van der Waals surface area contributed by atoms with Crippen LogP contribution in [0.25, 0.3) is 0 Å². The second kappa shape index (κ2) is 7.65. The van der Waals surface area contributed by atoms with Crippen molar-refractivity contribution in [1.29, 1.82) is 0 Å². The van der Waals surface area contributed by atoms with Crippen LogP contribution in [0.5, 0.6) is 5.75 Å².